The van der Waals surface area contributed by atoms with Crippen molar-refractivity contribution in [1.29, 1.82) is 5.26 Å². The first-order chi connectivity index (χ1) is 9.28. The molecule has 0 radical (unpaired) electrons. The van der Waals surface area contributed by atoms with Gasteiger partial charge in [0.15, 0.2) is 0 Å². The largest absolute Gasteiger partial charge is 0.573 e. The first kappa shape index (κ1) is 16.2. The third-order valence-electron chi connectivity index (χ3n) is 2.20. The van der Waals surface area contributed by atoms with Crippen molar-refractivity contribution in [2.75, 3.05) is 6.61 Å². The number of ether oxygens (including phenoxy) is 2. The Morgan fingerprint density at radius 2 is 2.10 bits per heavy atom. The fourth-order valence-electron chi connectivity index (χ4n) is 1.46. The van der Waals surface area contributed by atoms with Crippen molar-refractivity contribution in [3.63, 3.8) is 0 Å². The van der Waals surface area contributed by atoms with Gasteiger partial charge in [-0.05, 0) is 18.6 Å². The number of benzene rings is 1. The standard InChI is InChI=1S/C12H10F3NO3S/c1-2-18-10(17)5-7-3-4-9(19-12(13,14)15)11(20)8(7)6-16/h3-4,20H,2,5H2,1H3. The monoisotopic (exact) mass is 305 g/mol. The number of nitrogens with zero attached hydrogens (tertiary/aromatic N) is 1. The van der Waals surface area contributed by atoms with Gasteiger partial charge in [-0.3, -0.25) is 4.79 Å². The van der Waals surface area contributed by atoms with Crippen LogP contribution in [0, 0.1) is 11.3 Å². The fraction of sp³-hybridized carbons (Fsp3) is 0.333. The van der Waals surface area contributed by atoms with Gasteiger partial charge in [-0.15, -0.1) is 25.8 Å². The van der Waals surface area contributed by atoms with Gasteiger partial charge in [0.1, 0.15) is 11.8 Å². The minimum atomic E-state index is -4.88. The predicted molar refractivity (Wildman–Crippen MR) is 65.4 cm³/mol. The number of hydrogen-bond donors (Lipinski definition) is 1. The lowest BCUT2D eigenvalue weighted by atomic mass is 10.0. The molecule has 0 aliphatic carbocycles. The van der Waals surface area contributed by atoms with E-state index in [9.17, 15) is 18.0 Å². The third kappa shape index (κ3) is 4.35. The van der Waals surface area contributed by atoms with Crippen molar-refractivity contribution < 1.29 is 27.4 Å². The minimum Gasteiger partial charge on any atom is -0.466 e. The summed E-state index contributed by atoms with van der Waals surface area (Å²) < 4.78 is 44.9. The normalized spacial score (nSPS) is 10.8. The number of rotatable bonds is 4. The summed E-state index contributed by atoms with van der Waals surface area (Å²) in [6.07, 6.45) is -5.11. The summed E-state index contributed by atoms with van der Waals surface area (Å²) in [5.74, 6) is -1.17. The SMILES string of the molecule is CCOC(=O)Cc1ccc(OC(F)(F)F)c(S)c1C#N. The van der Waals surface area contributed by atoms with Gasteiger partial charge in [0, 0.05) is 0 Å². The second-order valence-corrected chi connectivity index (χ2v) is 4.04. The number of hydrogen-bond acceptors (Lipinski definition) is 5. The van der Waals surface area contributed by atoms with Crippen LogP contribution in [0.5, 0.6) is 5.75 Å². The molecule has 0 N–H and O–H groups in total. The molecular formula is C12H10F3NO3S. The van der Waals surface area contributed by atoms with E-state index in [1.165, 1.54) is 6.07 Å². The lowest BCUT2D eigenvalue weighted by Crippen LogP contribution is -2.18. The summed E-state index contributed by atoms with van der Waals surface area (Å²) in [6.45, 7) is 1.79. The van der Waals surface area contributed by atoms with E-state index in [2.05, 4.69) is 17.4 Å². The molecule has 1 rings (SSSR count). The molecule has 0 amide bonds. The summed E-state index contributed by atoms with van der Waals surface area (Å²) >= 11 is 3.85. The predicted octanol–water partition coefficient (Wildman–Crippen LogP) is 2.85. The van der Waals surface area contributed by atoms with E-state index in [1.807, 2.05) is 0 Å². The molecule has 4 nitrogen and oxygen atoms in total. The van der Waals surface area contributed by atoms with Crippen LogP contribution in [0.1, 0.15) is 18.1 Å². The summed E-state index contributed by atoms with van der Waals surface area (Å²) in [5.41, 5.74) is 0.0774. The van der Waals surface area contributed by atoms with Gasteiger partial charge < -0.3 is 9.47 Å². The van der Waals surface area contributed by atoms with Crippen LogP contribution in [0.15, 0.2) is 17.0 Å². The number of carbonyl (C=O) groups excluding carboxylic acids is 1. The molecule has 0 aromatic heterocycles. The van der Waals surface area contributed by atoms with E-state index in [0.717, 1.165) is 6.07 Å². The highest BCUT2D eigenvalue weighted by atomic mass is 32.1. The molecule has 0 aliphatic rings. The summed E-state index contributed by atoms with van der Waals surface area (Å²) in [4.78, 5) is 11.1. The summed E-state index contributed by atoms with van der Waals surface area (Å²) in [5, 5.41) is 8.98. The Bertz CT molecular complexity index is 552. The Morgan fingerprint density at radius 3 is 2.60 bits per heavy atom. The van der Waals surface area contributed by atoms with E-state index in [1.54, 1.807) is 13.0 Å². The van der Waals surface area contributed by atoms with E-state index in [4.69, 9.17) is 10.00 Å². The van der Waals surface area contributed by atoms with Crippen LogP contribution in [0.25, 0.3) is 0 Å². The lowest BCUT2D eigenvalue weighted by Gasteiger charge is -2.13. The van der Waals surface area contributed by atoms with Crippen LogP contribution in [0.3, 0.4) is 0 Å². The maximum Gasteiger partial charge on any atom is 0.573 e. The van der Waals surface area contributed by atoms with Gasteiger partial charge in [-0.1, -0.05) is 6.07 Å². The van der Waals surface area contributed by atoms with Gasteiger partial charge in [0.05, 0.1) is 23.5 Å². The van der Waals surface area contributed by atoms with Gasteiger partial charge in [0.2, 0.25) is 0 Å². The maximum absolute atomic E-state index is 12.2. The average Bonchev–Trinajstić information content (AvgIpc) is 2.32. The van der Waals surface area contributed by atoms with Crippen molar-refractivity contribution >= 4 is 18.6 Å². The Hall–Kier alpha value is -1.88. The minimum absolute atomic E-state index is 0.150. The highest BCUT2D eigenvalue weighted by molar-refractivity contribution is 7.80. The second kappa shape index (κ2) is 6.52. The molecule has 0 saturated carbocycles. The van der Waals surface area contributed by atoms with Gasteiger partial charge in [-0.2, -0.15) is 5.26 Å². The summed E-state index contributed by atoms with van der Waals surface area (Å²) in [6, 6.07) is 3.92. The topological polar surface area (TPSA) is 59.3 Å². The molecule has 1 aromatic carbocycles. The van der Waals surface area contributed by atoms with Crippen LogP contribution in [-0.4, -0.2) is 18.9 Å². The fourth-order valence-corrected chi connectivity index (χ4v) is 1.77. The van der Waals surface area contributed by atoms with Crippen molar-refractivity contribution in [3.8, 4) is 11.8 Å². The van der Waals surface area contributed by atoms with E-state index in [-0.39, 0.29) is 29.1 Å². The zero-order valence-corrected chi connectivity index (χ0v) is 11.2. The Labute approximate surface area is 118 Å². The molecule has 8 heteroatoms. The number of thiol groups is 1. The first-order valence-electron chi connectivity index (χ1n) is 5.44. The molecule has 0 atom stereocenters. The van der Waals surface area contributed by atoms with E-state index < -0.39 is 18.1 Å². The highest BCUT2D eigenvalue weighted by Gasteiger charge is 2.32. The number of alkyl halides is 3. The van der Waals surface area contributed by atoms with Crippen molar-refractivity contribution in [2.45, 2.75) is 24.6 Å². The van der Waals surface area contributed by atoms with Crippen LogP contribution in [-0.2, 0) is 16.0 Å². The smallest absolute Gasteiger partial charge is 0.466 e. The number of nitriles is 1. The molecule has 0 spiro atoms. The van der Waals surface area contributed by atoms with Crippen LogP contribution in [0.4, 0.5) is 13.2 Å². The molecule has 108 valence electrons. The van der Waals surface area contributed by atoms with E-state index >= 15 is 0 Å². The van der Waals surface area contributed by atoms with Crippen molar-refractivity contribution in [1.82, 2.24) is 0 Å². The van der Waals surface area contributed by atoms with Crippen LogP contribution in [0.2, 0.25) is 0 Å². The second-order valence-electron chi connectivity index (χ2n) is 3.59. The molecule has 0 aliphatic heterocycles. The molecule has 0 fully saturated rings. The number of esters is 1. The Balaban J connectivity index is 3.09. The van der Waals surface area contributed by atoms with Crippen LogP contribution < -0.4 is 4.74 Å². The quantitative estimate of drug-likeness (QED) is 0.686. The number of halogens is 3. The zero-order valence-electron chi connectivity index (χ0n) is 10.3. The Morgan fingerprint density at radius 1 is 1.45 bits per heavy atom. The van der Waals surface area contributed by atoms with Gasteiger partial charge >= 0.3 is 12.3 Å². The average molecular weight is 305 g/mol. The maximum atomic E-state index is 12.2. The lowest BCUT2D eigenvalue weighted by molar-refractivity contribution is -0.275. The molecule has 0 heterocycles. The zero-order chi connectivity index (χ0) is 15.3. The van der Waals surface area contributed by atoms with Gasteiger partial charge in [-0.25, -0.2) is 0 Å². The van der Waals surface area contributed by atoms with Gasteiger partial charge in [0.25, 0.3) is 0 Å². The molecule has 0 bridgehead atoms. The third-order valence-corrected chi connectivity index (χ3v) is 2.65. The first-order valence-corrected chi connectivity index (χ1v) is 5.89. The molecule has 0 unspecified atom stereocenters. The summed E-state index contributed by atoms with van der Waals surface area (Å²) in [7, 11) is 0. The molecule has 20 heavy (non-hydrogen) atoms. The number of carbonyl (C=O) groups is 1. The Kier molecular flexibility index (Phi) is 5.27. The van der Waals surface area contributed by atoms with Crippen LogP contribution >= 0.6 is 12.6 Å². The van der Waals surface area contributed by atoms with Crippen molar-refractivity contribution in [3.05, 3.63) is 23.3 Å². The van der Waals surface area contributed by atoms with E-state index in [0.29, 0.717) is 0 Å². The molecule has 1 aromatic rings. The van der Waals surface area contributed by atoms with Crippen molar-refractivity contribution in [2.24, 2.45) is 0 Å². The molecular weight excluding hydrogens is 295 g/mol. The highest BCUT2D eigenvalue weighted by Crippen LogP contribution is 2.33. The molecule has 0 saturated heterocycles.